The Balaban J connectivity index is 2.48. The van der Waals surface area contributed by atoms with E-state index in [1.54, 1.807) is 0 Å². The third kappa shape index (κ3) is 4.10. The van der Waals surface area contributed by atoms with Crippen molar-refractivity contribution in [2.75, 3.05) is 6.26 Å². The van der Waals surface area contributed by atoms with Gasteiger partial charge in [0.2, 0.25) is 0 Å². The summed E-state index contributed by atoms with van der Waals surface area (Å²) in [6.07, 6.45) is 0.955. The van der Waals surface area contributed by atoms with E-state index in [0.717, 1.165) is 42.7 Å². The summed E-state index contributed by atoms with van der Waals surface area (Å²) in [6, 6.07) is 6.18. The number of hydrogen-bond donors (Lipinski definition) is 0. The zero-order valence-corrected chi connectivity index (χ0v) is 14.0. The van der Waals surface area contributed by atoms with Crippen LogP contribution in [0.5, 0.6) is 11.5 Å². The first-order chi connectivity index (χ1) is 11.3. The number of rotatable bonds is 4. The molecule has 0 saturated carbocycles. The fourth-order valence-corrected chi connectivity index (χ4v) is 3.30. The summed E-state index contributed by atoms with van der Waals surface area (Å²) in [5, 5.41) is 0. The van der Waals surface area contributed by atoms with Gasteiger partial charge in [0.1, 0.15) is 22.2 Å². The van der Waals surface area contributed by atoms with Gasteiger partial charge in [-0.3, -0.25) is 0 Å². The number of benzene rings is 2. The van der Waals surface area contributed by atoms with Gasteiger partial charge in [-0.2, -0.15) is 13.2 Å². The van der Waals surface area contributed by atoms with Crippen molar-refractivity contribution in [2.24, 2.45) is 0 Å². The molecule has 2 aromatic carbocycles. The molecule has 136 valence electrons. The molecule has 0 aliphatic heterocycles. The lowest BCUT2D eigenvalue weighted by molar-refractivity contribution is -0.0437. The lowest BCUT2D eigenvalue weighted by Crippen LogP contribution is -2.23. The molecule has 2 aromatic rings. The van der Waals surface area contributed by atoms with Crippen LogP contribution < -0.4 is 4.74 Å². The number of sulfone groups is 2. The van der Waals surface area contributed by atoms with E-state index < -0.39 is 41.6 Å². The Hall–Kier alpha value is -2.14. The van der Waals surface area contributed by atoms with E-state index in [9.17, 15) is 34.4 Å². The van der Waals surface area contributed by atoms with Crippen LogP contribution >= 0.6 is 0 Å². The van der Waals surface area contributed by atoms with Gasteiger partial charge < -0.3 is 4.74 Å². The molecular formula is C14H10F4O5S2. The van der Waals surface area contributed by atoms with Crippen molar-refractivity contribution in [1.82, 2.24) is 0 Å². The number of halogens is 4. The van der Waals surface area contributed by atoms with Crippen molar-refractivity contribution in [2.45, 2.75) is 15.3 Å². The van der Waals surface area contributed by atoms with Gasteiger partial charge in [-0.25, -0.2) is 21.2 Å². The Morgan fingerprint density at radius 1 is 0.920 bits per heavy atom. The lowest BCUT2D eigenvalue weighted by Gasteiger charge is -2.13. The molecule has 0 fully saturated rings. The Kier molecular flexibility index (Phi) is 4.83. The van der Waals surface area contributed by atoms with Crippen LogP contribution in [-0.2, 0) is 19.7 Å². The van der Waals surface area contributed by atoms with Crippen molar-refractivity contribution in [3.05, 3.63) is 48.3 Å². The third-order valence-electron chi connectivity index (χ3n) is 2.98. The quantitative estimate of drug-likeness (QED) is 0.739. The first-order valence-corrected chi connectivity index (χ1v) is 9.79. The van der Waals surface area contributed by atoms with Gasteiger partial charge in [-0.1, -0.05) is 0 Å². The zero-order chi connectivity index (χ0) is 19.0. The minimum Gasteiger partial charge on any atom is -0.456 e. The number of alkyl halides is 3. The molecule has 0 N–H and O–H groups in total. The number of hydrogen-bond acceptors (Lipinski definition) is 5. The molecule has 0 aliphatic carbocycles. The average molecular weight is 398 g/mol. The van der Waals surface area contributed by atoms with Crippen LogP contribution in [0.15, 0.2) is 52.3 Å². The standard InChI is InChI=1S/C14H10F4O5S2/c1-24(19,20)11-5-3-10(4-6-11)23-12-7-2-9(15)8-13(12)25(21,22)14(16,17)18/h2-8H,1H3. The molecule has 0 unspecified atom stereocenters. The van der Waals surface area contributed by atoms with E-state index in [4.69, 9.17) is 4.74 Å². The second-order valence-corrected chi connectivity index (χ2v) is 8.81. The third-order valence-corrected chi connectivity index (χ3v) is 5.62. The molecule has 0 amide bonds. The first kappa shape index (κ1) is 19.2. The van der Waals surface area contributed by atoms with Gasteiger partial charge in [0.25, 0.3) is 9.84 Å². The largest absolute Gasteiger partial charge is 0.502 e. The molecule has 0 radical (unpaired) electrons. The van der Waals surface area contributed by atoms with E-state index >= 15 is 0 Å². The minimum atomic E-state index is -5.84. The molecule has 0 aliphatic rings. The highest BCUT2D eigenvalue weighted by molar-refractivity contribution is 7.92. The molecule has 0 heterocycles. The van der Waals surface area contributed by atoms with Gasteiger partial charge in [-0.15, -0.1) is 0 Å². The fourth-order valence-electron chi connectivity index (χ4n) is 1.78. The van der Waals surface area contributed by atoms with Gasteiger partial charge in [0.05, 0.1) is 4.90 Å². The van der Waals surface area contributed by atoms with Gasteiger partial charge >= 0.3 is 5.51 Å². The molecule has 0 atom stereocenters. The minimum absolute atomic E-state index is 0.0675. The van der Waals surface area contributed by atoms with E-state index in [-0.39, 0.29) is 16.7 Å². The van der Waals surface area contributed by atoms with Crippen LogP contribution in [0.25, 0.3) is 0 Å². The highest BCUT2D eigenvalue weighted by atomic mass is 32.2. The van der Waals surface area contributed by atoms with Gasteiger partial charge in [0.15, 0.2) is 9.84 Å². The predicted molar refractivity (Wildman–Crippen MR) is 79.3 cm³/mol. The van der Waals surface area contributed by atoms with Crippen LogP contribution in [0.2, 0.25) is 0 Å². The normalized spacial score (nSPS) is 12.8. The zero-order valence-electron chi connectivity index (χ0n) is 12.4. The molecule has 0 spiro atoms. The maximum Gasteiger partial charge on any atom is 0.502 e. The highest BCUT2D eigenvalue weighted by Crippen LogP contribution is 2.37. The summed E-state index contributed by atoms with van der Waals surface area (Å²) >= 11 is 0. The highest BCUT2D eigenvalue weighted by Gasteiger charge is 2.48. The van der Waals surface area contributed by atoms with E-state index in [0.29, 0.717) is 0 Å². The Morgan fingerprint density at radius 2 is 1.48 bits per heavy atom. The summed E-state index contributed by atoms with van der Waals surface area (Å²) in [4.78, 5) is -1.45. The van der Waals surface area contributed by atoms with E-state index in [1.807, 2.05) is 0 Å². The summed E-state index contributed by atoms with van der Waals surface area (Å²) in [5.41, 5.74) is -5.64. The SMILES string of the molecule is CS(=O)(=O)c1ccc(Oc2ccc(F)cc2S(=O)(=O)C(F)(F)F)cc1. The molecule has 2 rings (SSSR count). The Labute approximate surface area is 140 Å². The molecule has 0 aromatic heterocycles. The molecular weight excluding hydrogens is 388 g/mol. The van der Waals surface area contributed by atoms with Crippen molar-refractivity contribution >= 4 is 19.7 Å². The van der Waals surface area contributed by atoms with Crippen LogP contribution in [0.3, 0.4) is 0 Å². The number of ether oxygens (including phenoxy) is 1. The fraction of sp³-hybridized carbons (Fsp3) is 0.143. The van der Waals surface area contributed by atoms with Crippen LogP contribution in [-0.4, -0.2) is 28.6 Å². The van der Waals surface area contributed by atoms with Crippen LogP contribution in [0.1, 0.15) is 0 Å². The predicted octanol–water partition coefficient (Wildman–Crippen LogP) is 3.32. The summed E-state index contributed by atoms with van der Waals surface area (Å²) in [5.74, 6) is -2.06. The molecule has 0 saturated heterocycles. The molecule has 5 nitrogen and oxygen atoms in total. The summed E-state index contributed by atoms with van der Waals surface area (Å²) < 4.78 is 102. The van der Waals surface area contributed by atoms with Crippen molar-refractivity contribution in [3.63, 3.8) is 0 Å². The summed E-state index contributed by atoms with van der Waals surface area (Å²) in [7, 11) is -9.34. The van der Waals surface area contributed by atoms with E-state index in [2.05, 4.69) is 0 Å². The monoisotopic (exact) mass is 398 g/mol. The van der Waals surface area contributed by atoms with Crippen LogP contribution in [0.4, 0.5) is 17.6 Å². The first-order valence-electron chi connectivity index (χ1n) is 6.41. The van der Waals surface area contributed by atoms with Crippen molar-refractivity contribution < 1.29 is 39.1 Å². The maximum absolute atomic E-state index is 13.2. The average Bonchev–Trinajstić information content (AvgIpc) is 2.47. The lowest BCUT2D eigenvalue weighted by atomic mass is 10.3. The molecule has 0 bridgehead atoms. The topological polar surface area (TPSA) is 77.5 Å². The van der Waals surface area contributed by atoms with Gasteiger partial charge in [0, 0.05) is 6.26 Å². The maximum atomic E-state index is 13.2. The molecule has 25 heavy (non-hydrogen) atoms. The summed E-state index contributed by atoms with van der Waals surface area (Å²) in [6.45, 7) is 0. The Bertz CT molecular complexity index is 995. The van der Waals surface area contributed by atoms with Gasteiger partial charge in [-0.05, 0) is 42.5 Å². The van der Waals surface area contributed by atoms with Crippen LogP contribution in [0, 0.1) is 5.82 Å². The van der Waals surface area contributed by atoms with Crippen molar-refractivity contribution in [1.29, 1.82) is 0 Å². The second-order valence-electron chi connectivity index (χ2n) is 4.89. The second kappa shape index (κ2) is 6.30. The van der Waals surface area contributed by atoms with Crippen molar-refractivity contribution in [3.8, 4) is 11.5 Å². The molecule has 11 heteroatoms. The Morgan fingerprint density at radius 3 is 1.96 bits per heavy atom. The van der Waals surface area contributed by atoms with E-state index in [1.165, 1.54) is 0 Å². The smallest absolute Gasteiger partial charge is 0.456 e.